The fourth-order valence-corrected chi connectivity index (χ4v) is 3.73. The lowest BCUT2D eigenvalue weighted by atomic mass is 10.1. The Morgan fingerprint density at radius 2 is 1.97 bits per heavy atom. The quantitative estimate of drug-likeness (QED) is 0.584. The number of amides is 1. The Hall–Kier alpha value is -3.40. The van der Waals surface area contributed by atoms with E-state index in [0.717, 1.165) is 0 Å². The smallest absolute Gasteiger partial charge is 0.269 e. The third-order valence-corrected chi connectivity index (χ3v) is 5.47. The number of aryl methyl sites for hydroxylation is 1. The van der Waals surface area contributed by atoms with Crippen LogP contribution in [0.15, 0.2) is 29.1 Å². The molecule has 1 aliphatic rings. The lowest BCUT2D eigenvalue weighted by Gasteiger charge is -2.36. The van der Waals surface area contributed by atoms with E-state index < -0.39 is 36.6 Å². The van der Waals surface area contributed by atoms with E-state index in [9.17, 15) is 18.4 Å². The van der Waals surface area contributed by atoms with Crippen molar-refractivity contribution in [2.75, 3.05) is 37.6 Å². The highest BCUT2D eigenvalue weighted by Gasteiger charge is 2.22. The molecule has 168 valence electrons. The highest BCUT2D eigenvalue weighted by atomic mass is 19.1. The fourth-order valence-electron chi connectivity index (χ4n) is 3.73. The molecule has 0 aliphatic carbocycles. The van der Waals surface area contributed by atoms with Crippen molar-refractivity contribution >= 4 is 22.6 Å². The number of benzene rings is 1. The van der Waals surface area contributed by atoms with Crippen molar-refractivity contribution in [2.45, 2.75) is 20.3 Å². The summed E-state index contributed by atoms with van der Waals surface area (Å²) in [6, 6.07) is 6.11. The summed E-state index contributed by atoms with van der Waals surface area (Å²) in [7, 11) is 0. The minimum Gasteiger partial charge on any atom is -0.365 e. The number of piperazine rings is 1. The molecule has 0 unspecified atom stereocenters. The van der Waals surface area contributed by atoms with Crippen molar-refractivity contribution in [3.05, 3.63) is 63.3 Å². The summed E-state index contributed by atoms with van der Waals surface area (Å²) in [4.78, 5) is 38.0. The molecule has 0 atom stereocenters. The van der Waals surface area contributed by atoms with Gasteiger partial charge in [-0.3, -0.25) is 14.5 Å². The monoisotopic (exact) mass is 445 g/mol. The Morgan fingerprint density at radius 3 is 2.69 bits per heavy atom. The number of carbonyl (C=O) groups excluding carboxylic acids is 1. The largest absolute Gasteiger partial charge is 0.365 e. The molecule has 0 radical (unpaired) electrons. The molecule has 10 heteroatoms. The second-order valence-electron chi connectivity index (χ2n) is 7.54. The summed E-state index contributed by atoms with van der Waals surface area (Å²) in [6.07, 6.45) is 0. The number of fused-ring (bicyclic) bond motifs is 1. The van der Waals surface area contributed by atoms with Crippen LogP contribution in [0.25, 0.3) is 11.0 Å². The predicted molar refractivity (Wildman–Crippen MR) is 117 cm³/mol. The first-order chi connectivity index (χ1) is 16.5. The maximum absolute atomic E-state index is 15.0. The van der Waals surface area contributed by atoms with Crippen LogP contribution in [0.3, 0.4) is 0 Å². The van der Waals surface area contributed by atoms with Crippen LogP contribution >= 0.6 is 0 Å². The van der Waals surface area contributed by atoms with Crippen molar-refractivity contribution in [1.82, 2.24) is 25.2 Å². The van der Waals surface area contributed by atoms with Crippen molar-refractivity contribution in [3.63, 3.8) is 0 Å². The SMILES string of the molecule is [2H]C([2H])([2H])CNC(=O)c1ccc(N2CCN(Cc3ccc4nc(C)c(=O)[nH]c4c3F)CC2)c(F)n1. The average Bonchev–Trinajstić information content (AvgIpc) is 2.81. The van der Waals surface area contributed by atoms with Gasteiger partial charge >= 0.3 is 0 Å². The van der Waals surface area contributed by atoms with Crippen LogP contribution in [0.2, 0.25) is 0 Å². The van der Waals surface area contributed by atoms with Crippen LogP contribution in [-0.2, 0) is 6.54 Å². The van der Waals surface area contributed by atoms with E-state index in [1.54, 1.807) is 24.0 Å². The molecule has 4 rings (SSSR count). The third-order valence-electron chi connectivity index (χ3n) is 5.47. The first kappa shape index (κ1) is 18.2. The molecule has 1 aromatic carbocycles. The van der Waals surface area contributed by atoms with Crippen LogP contribution in [0.4, 0.5) is 14.5 Å². The van der Waals surface area contributed by atoms with Crippen LogP contribution in [0.5, 0.6) is 0 Å². The molecule has 2 aromatic heterocycles. The van der Waals surface area contributed by atoms with Gasteiger partial charge in [0.2, 0.25) is 5.95 Å². The number of pyridine rings is 1. The molecule has 1 aliphatic heterocycles. The van der Waals surface area contributed by atoms with Crippen LogP contribution in [0.1, 0.15) is 32.7 Å². The summed E-state index contributed by atoms with van der Waals surface area (Å²) in [5, 5.41) is 2.21. The molecular weight excluding hydrogens is 418 g/mol. The highest BCUT2D eigenvalue weighted by molar-refractivity contribution is 5.92. The summed E-state index contributed by atoms with van der Waals surface area (Å²) >= 11 is 0. The Morgan fingerprint density at radius 1 is 1.19 bits per heavy atom. The Labute approximate surface area is 187 Å². The summed E-state index contributed by atoms with van der Waals surface area (Å²) in [5.41, 5.74) is 0.744. The van der Waals surface area contributed by atoms with Gasteiger partial charge in [-0.25, -0.2) is 14.4 Å². The fraction of sp³-hybridized carbons (Fsp3) is 0.364. The molecule has 32 heavy (non-hydrogen) atoms. The maximum Gasteiger partial charge on any atom is 0.269 e. The lowest BCUT2D eigenvalue weighted by Crippen LogP contribution is -2.46. The zero-order valence-electron chi connectivity index (χ0n) is 20.4. The minimum atomic E-state index is -2.34. The number of nitrogens with one attached hydrogen (secondary N) is 2. The molecule has 0 saturated carbocycles. The van der Waals surface area contributed by atoms with E-state index in [2.05, 4.69) is 20.3 Å². The first-order valence-electron chi connectivity index (χ1n) is 11.6. The number of hydrogen-bond acceptors (Lipinski definition) is 6. The van der Waals surface area contributed by atoms with E-state index in [0.29, 0.717) is 43.8 Å². The average molecular weight is 445 g/mol. The van der Waals surface area contributed by atoms with Crippen molar-refractivity contribution < 1.29 is 17.7 Å². The number of rotatable bonds is 5. The van der Waals surface area contributed by atoms with Crippen LogP contribution < -0.4 is 15.8 Å². The molecule has 3 heterocycles. The van der Waals surface area contributed by atoms with Crippen LogP contribution in [0, 0.1) is 18.7 Å². The molecule has 0 bridgehead atoms. The maximum atomic E-state index is 15.0. The van der Waals surface area contributed by atoms with E-state index in [4.69, 9.17) is 4.11 Å². The second kappa shape index (κ2) is 8.99. The number of hydrogen-bond donors (Lipinski definition) is 2. The molecule has 1 amide bonds. The molecule has 8 nitrogen and oxygen atoms in total. The number of nitrogens with zero attached hydrogens (tertiary/aromatic N) is 4. The Bertz CT molecular complexity index is 1320. The predicted octanol–water partition coefficient (Wildman–Crippen LogP) is 1.98. The van der Waals surface area contributed by atoms with Crippen LogP contribution in [-0.4, -0.2) is 58.5 Å². The second-order valence-corrected chi connectivity index (χ2v) is 7.54. The topological polar surface area (TPSA) is 94.2 Å². The van der Waals surface area contributed by atoms with Gasteiger partial charge in [-0.1, -0.05) is 6.07 Å². The van der Waals surface area contributed by atoms with Crippen molar-refractivity contribution in [1.29, 1.82) is 0 Å². The summed E-state index contributed by atoms with van der Waals surface area (Å²) in [6.45, 7) is 0.964. The van der Waals surface area contributed by atoms with Gasteiger partial charge in [0, 0.05) is 48.9 Å². The number of aromatic amines is 1. The number of carbonyl (C=O) groups is 1. The van der Waals surface area contributed by atoms with Gasteiger partial charge in [-0.15, -0.1) is 0 Å². The first-order valence-corrected chi connectivity index (χ1v) is 10.1. The van der Waals surface area contributed by atoms with Gasteiger partial charge in [0.1, 0.15) is 16.9 Å². The van der Waals surface area contributed by atoms with Gasteiger partial charge < -0.3 is 15.2 Å². The molecular formula is C22H24F2N6O2. The normalized spacial score (nSPS) is 16.5. The Balaban J connectivity index is 1.39. The standard InChI is InChI=1S/C22H24F2N6O2/c1-3-25-22(32)16-6-7-17(20(24)27-16)30-10-8-29(9-11-30)12-14-4-5-15-19(18(14)23)28-21(31)13(2)26-15/h4-7H,3,8-12H2,1-2H3,(H,25,32)(H,28,31)/i1D3. The third kappa shape index (κ3) is 4.31. The zero-order chi connectivity index (χ0) is 25.3. The van der Waals surface area contributed by atoms with Gasteiger partial charge in [0.05, 0.1) is 11.2 Å². The highest BCUT2D eigenvalue weighted by Crippen LogP contribution is 2.22. The van der Waals surface area contributed by atoms with E-state index in [1.165, 1.54) is 12.1 Å². The van der Waals surface area contributed by atoms with Gasteiger partial charge in [-0.2, -0.15) is 4.39 Å². The van der Waals surface area contributed by atoms with E-state index in [1.807, 2.05) is 4.90 Å². The molecule has 1 fully saturated rings. The zero-order valence-corrected chi connectivity index (χ0v) is 17.4. The summed E-state index contributed by atoms with van der Waals surface area (Å²) in [5.74, 6) is -2.11. The number of halogens is 2. The molecule has 3 aromatic rings. The minimum absolute atomic E-state index is 0.0767. The van der Waals surface area contributed by atoms with Gasteiger partial charge in [0.25, 0.3) is 11.5 Å². The van der Waals surface area contributed by atoms with Crippen molar-refractivity contribution in [2.24, 2.45) is 0 Å². The van der Waals surface area contributed by atoms with Gasteiger partial charge in [0.15, 0.2) is 5.82 Å². The van der Waals surface area contributed by atoms with E-state index in [-0.39, 0.29) is 22.6 Å². The number of H-pyrrole nitrogens is 1. The van der Waals surface area contributed by atoms with E-state index >= 15 is 0 Å². The van der Waals surface area contributed by atoms with Crippen molar-refractivity contribution in [3.8, 4) is 0 Å². The number of aromatic nitrogens is 3. The molecule has 2 N–H and O–H groups in total. The lowest BCUT2D eigenvalue weighted by molar-refractivity contribution is 0.0949. The molecule has 1 saturated heterocycles. The molecule has 0 spiro atoms. The van der Waals surface area contributed by atoms with Gasteiger partial charge in [-0.05, 0) is 32.0 Å². The Kier molecular flexibility index (Phi) is 5.11. The number of anilines is 1. The summed E-state index contributed by atoms with van der Waals surface area (Å²) < 4.78 is 51.0.